The Morgan fingerprint density at radius 2 is 2.29 bits per heavy atom. The summed E-state index contributed by atoms with van der Waals surface area (Å²) in [7, 11) is 1.48. The van der Waals surface area contributed by atoms with Crippen LogP contribution in [0.15, 0.2) is 23.2 Å². The number of ether oxygens (including phenoxy) is 1. The van der Waals surface area contributed by atoms with Crippen LogP contribution >= 0.6 is 0 Å². The van der Waals surface area contributed by atoms with Gasteiger partial charge in [-0.15, -0.1) is 0 Å². The number of halogens is 1. The molecule has 74 valence electrons. The normalized spacial score (nSPS) is 11.6. The minimum Gasteiger partial charge on any atom is -0.496 e. The highest BCUT2D eigenvalue weighted by atomic mass is 19.1. The molecule has 0 radical (unpaired) electrons. The number of methoxy groups -OCH3 is 1. The zero-order chi connectivity index (χ0) is 10.6. The van der Waals surface area contributed by atoms with Crippen molar-refractivity contribution < 1.29 is 13.9 Å². The molecule has 0 aliphatic carbocycles. The Hall–Kier alpha value is -1.67. The van der Waals surface area contributed by atoms with Crippen molar-refractivity contribution in [2.24, 2.45) is 4.99 Å². The van der Waals surface area contributed by atoms with Crippen molar-refractivity contribution in [2.45, 2.75) is 13.0 Å². The first kappa shape index (κ1) is 10.4. The molecule has 0 saturated heterocycles. The van der Waals surface area contributed by atoms with Gasteiger partial charge in [-0.3, -0.25) is 0 Å². The van der Waals surface area contributed by atoms with Gasteiger partial charge < -0.3 is 4.74 Å². The molecule has 3 nitrogen and oxygen atoms in total. The van der Waals surface area contributed by atoms with Crippen LogP contribution in [0.3, 0.4) is 0 Å². The summed E-state index contributed by atoms with van der Waals surface area (Å²) in [5.41, 5.74) is 0.538. The van der Waals surface area contributed by atoms with Crippen molar-refractivity contribution in [3.05, 3.63) is 29.6 Å². The molecule has 1 rings (SSSR count). The molecule has 0 amide bonds. The van der Waals surface area contributed by atoms with Gasteiger partial charge in [0.2, 0.25) is 6.08 Å². The molecule has 4 heteroatoms. The van der Waals surface area contributed by atoms with E-state index < -0.39 is 6.04 Å². The number of isocyanates is 1. The fourth-order valence-corrected chi connectivity index (χ4v) is 1.18. The maximum atomic E-state index is 12.9. The van der Waals surface area contributed by atoms with Crippen LogP contribution in [-0.4, -0.2) is 13.2 Å². The fraction of sp³-hybridized carbons (Fsp3) is 0.300. The van der Waals surface area contributed by atoms with Gasteiger partial charge in [-0.05, 0) is 25.1 Å². The van der Waals surface area contributed by atoms with Gasteiger partial charge in [0, 0.05) is 5.56 Å². The highest BCUT2D eigenvalue weighted by Crippen LogP contribution is 2.27. The number of hydrogen-bond acceptors (Lipinski definition) is 3. The monoisotopic (exact) mass is 195 g/mol. The SMILES string of the molecule is COc1ccc(F)cc1C(C)N=C=O. The second-order valence-corrected chi connectivity index (χ2v) is 2.78. The highest BCUT2D eigenvalue weighted by molar-refractivity contribution is 5.40. The zero-order valence-corrected chi connectivity index (χ0v) is 7.95. The van der Waals surface area contributed by atoms with Gasteiger partial charge in [-0.2, -0.15) is 4.99 Å². The van der Waals surface area contributed by atoms with Crippen LogP contribution in [0.5, 0.6) is 5.75 Å². The van der Waals surface area contributed by atoms with Gasteiger partial charge >= 0.3 is 0 Å². The Morgan fingerprint density at radius 1 is 1.57 bits per heavy atom. The van der Waals surface area contributed by atoms with E-state index in [9.17, 15) is 9.18 Å². The average Bonchev–Trinajstić information content (AvgIpc) is 2.18. The number of benzene rings is 1. The van der Waals surface area contributed by atoms with Gasteiger partial charge in [-0.1, -0.05) is 0 Å². The van der Waals surface area contributed by atoms with E-state index in [4.69, 9.17) is 4.74 Å². The maximum Gasteiger partial charge on any atom is 0.235 e. The van der Waals surface area contributed by atoms with Crippen molar-refractivity contribution in [3.63, 3.8) is 0 Å². The molecule has 0 bridgehead atoms. The molecular formula is C10H10FNO2. The summed E-state index contributed by atoms with van der Waals surface area (Å²) >= 11 is 0. The molecule has 1 atom stereocenters. The third-order valence-electron chi connectivity index (χ3n) is 1.89. The lowest BCUT2D eigenvalue weighted by molar-refractivity contribution is 0.405. The Morgan fingerprint density at radius 3 is 2.86 bits per heavy atom. The Labute approximate surface area is 81.2 Å². The first-order valence-electron chi connectivity index (χ1n) is 4.09. The fourth-order valence-electron chi connectivity index (χ4n) is 1.18. The van der Waals surface area contributed by atoms with Gasteiger partial charge in [0.1, 0.15) is 11.6 Å². The average molecular weight is 195 g/mol. The molecule has 0 fully saturated rings. The summed E-state index contributed by atoms with van der Waals surface area (Å²) in [6.07, 6.45) is 1.43. The molecule has 1 aromatic carbocycles. The summed E-state index contributed by atoms with van der Waals surface area (Å²) in [6, 6.07) is 3.64. The smallest absolute Gasteiger partial charge is 0.235 e. The number of nitrogens with zero attached hydrogens (tertiary/aromatic N) is 1. The molecule has 0 spiro atoms. The second kappa shape index (κ2) is 4.53. The van der Waals surface area contributed by atoms with Gasteiger partial charge in [0.05, 0.1) is 13.2 Å². The lowest BCUT2D eigenvalue weighted by Crippen LogP contribution is -1.96. The lowest BCUT2D eigenvalue weighted by atomic mass is 10.1. The predicted octanol–water partition coefficient (Wildman–Crippen LogP) is 2.23. The van der Waals surface area contributed by atoms with E-state index in [2.05, 4.69) is 4.99 Å². The Bertz CT molecular complexity index is 372. The summed E-state index contributed by atoms with van der Waals surface area (Å²) in [4.78, 5) is 13.5. The third-order valence-corrected chi connectivity index (χ3v) is 1.89. The molecule has 0 aromatic heterocycles. The molecule has 0 aliphatic rings. The van der Waals surface area contributed by atoms with E-state index in [0.717, 1.165) is 0 Å². The van der Waals surface area contributed by atoms with E-state index >= 15 is 0 Å². The first-order valence-corrected chi connectivity index (χ1v) is 4.09. The molecular weight excluding hydrogens is 185 g/mol. The van der Waals surface area contributed by atoms with Crippen molar-refractivity contribution in [3.8, 4) is 5.75 Å². The summed E-state index contributed by atoms with van der Waals surface area (Å²) in [5, 5.41) is 0. The molecule has 14 heavy (non-hydrogen) atoms. The van der Waals surface area contributed by atoms with Crippen LogP contribution < -0.4 is 4.74 Å². The molecule has 0 N–H and O–H groups in total. The molecule has 0 heterocycles. The van der Waals surface area contributed by atoms with E-state index in [1.807, 2.05) is 0 Å². The Balaban J connectivity index is 3.15. The number of hydrogen-bond donors (Lipinski definition) is 0. The van der Waals surface area contributed by atoms with Gasteiger partial charge in [0.25, 0.3) is 0 Å². The standard InChI is InChI=1S/C10H10FNO2/c1-7(12-6-13)9-5-8(11)3-4-10(9)14-2/h3-5,7H,1-2H3. The Kier molecular flexibility index (Phi) is 3.37. The number of rotatable bonds is 3. The number of aliphatic imine (C=N–C) groups is 1. The molecule has 1 aromatic rings. The van der Waals surface area contributed by atoms with Crippen molar-refractivity contribution >= 4 is 6.08 Å². The molecule has 0 saturated carbocycles. The van der Waals surface area contributed by atoms with Crippen LogP contribution in [0.4, 0.5) is 4.39 Å². The summed E-state index contributed by atoms with van der Waals surface area (Å²) < 4.78 is 17.9. The topological polar surface area (TPSA) is 38.7 Å². The largest absolute Gasteiger partial charge is 0.496 e. The number of carbonyl (C=O) groups excluding carboxylic acids is 1. The van der Waals surface area contributed by atoms with E-state index in [0.29, 0.717) is 11.3 Å². The molecule has 1 unspecified atom stereocenters. The van der Waals surface area contributed by atoms with Crippen molar-refractivity contribution in [1.29, 1.82) is 0 Å². The van der Waals surface area contributed by atoms with Crippen LogP contribution in [0.2, 0.25) is 0 Å². The molecule has 0 aliphatic heterocycles. The summed E-state index contributed by atoms with van der Waals surface area (Å²) in [5.74, 6) is 0.131. The summed E-state index contributed by atoms with van der Waals surface area (Å²) in [6.45, 7) is 1.67. The van der Waals surface area contributed by atoms with E-state index in [-0.39, 0.29) is 5.82 Å². The van der Waals surface area contributed by atoms with Crippen molar-refractivity contribution in [2.75, 3.05) is 7.11 Å². The maximum absolute atomic E-state index is 12.9. The van der Waals surface area contributed by atoms with Crippen LogP contribution in [0.1, 0.15) is 18.5 Å². The van der Waals surface area contributed by atoms with Crippen LogP contribution in [0, 0.1) is 5.82 Å². The van der Waals surface area contributed by atoms with Crippen molar-refractivity contribution in [1.82, 2.24) is 0 Å². The van der Waals surface area contributed by atoms with E-state index in [1.54, 1.807) is 6.92 Å². The highest BCUT2D eigenvalue weighted by Gasteiger charge is 2.11. The lowest BCUT2D eigenvalue weighted by Gasteiger charge is -2.10. The quantitative estimate of drug-likeness (QED) is 0.548. The van der Waals surface area contributed by atoms with Crippen LogP contribution in [-0.2, 0) is 4.79 Å². The minimum atomic E-state index is -0.446. The van der Waals surface area contributed by atoms with Crippen LogP contribution in [0.25, 0.3) is 0 Å². The second-order valence-electron chi connectivity index (χ2n) is 2.78. The zero-order valence-electron chi connectivity index (χ0n) is 7.95. The van der Waals surface area contributed by atoms with Gasteiger partial charge in [0.15, 0.2) is 0 Å². The minimum absolute atomic E-state index is 0.381. The third kappa shape index (κ3) is 2.18. The predicted molar refractivity (Wildman–Crippen MR) is 49.5 cm³/mol. The first-order chi connectivity index (χ1) is 6.69. The van der Waals surface area contributed by atoms with Gasteiger partial charge in [-0.25, -0.2) is 9.18 Å². The van der Waals surface area contributed by atoms with E-state index in [1.165, 1.54) is 31.4 Å².